The number of carbonyl (C=O) groups excluding carboxylic acids is 2. The lowest BCUT2D eigenvalue weighted by molar-refractivity contribution is -0.131. The normalized spacial score (nSPS) is 27.3. The van der Waals surface area contributed by atoms with Gasteiger partial charge in [-0.15, -0.1) is 0 Å². The number of halogens is 1. The fourth-order valence-corrected chi connectivity index (χ4v) is 5.37. The predicted molar refractivity (Wildman–Crippen MR) is 117 cm³/mol. The third-order valence-corrected chi connectivity index (χ3v) is 7.01. The molecular formula is C23H34FN5O2. The lowest BCUT2D eigenvalue weighted by Gasteiger charge is -2.32. The summed E-state index contributed by atoms with van der Waals surface area (Å²) in [5.41, 5.74) is 0.813. The zero-order valence-corrected chi connectivity index (χ0v) is 18.8. The van der Waals surface area contributed by atoms with Crippen molar-refractivity contribution in [2.45, 2.75) is 12.5 Å². The van der Waals surface area contributed by atoms with Gasteiger partial charge in [-0.2, -0.15) is 0 Å². The predicted octanol–water partition coefficient (Wildman–Crippen LogP) is 1.58. The molecule has 170 valence electrons. The molecule has 0 N–H and O–H groups in total. The van der Waals surface area contributed by atoms with Crippen molar-refractivity contribution >= 4 is 11.9 Å². The number of likely N-dealkylation sites (tertiary alicyclic amines) is 2. The van der Waals surface area contributed by atoms with E-state index < -0.39 is 0 Å². The van der Waals surface area contributed by atoms with Crippen LogP contribution in [-0.4, -0.2) is 110 Å². The molecule has 0 radical (unpaired) electrons. The van der Waals surface area contributed by atoms with Gasteiger partial charge < -0.3 is 19.6 Å². The molecule has 3 amide bonds. The molecule has 0 bridgehead atoms. The van der Waals surface area contributed by atoms with Gasteiger partial charge in [-0.3, -0.25) is 9.69 Å². The quantitative estimate of drug-likeness (QED) is 0.729. The molecule has 0 aliphatic carbocycles. The number of benzene rings is 1. The summed E-state index contributed by atoms with van der Waals surface area (Å²) in [6.07, 6.45) is 1.08. The van der Waals surface area contributed by atoms with Crippen LogP contribution in [0.3, 0.4) is 0 Å². The van der Waals surface area contributed by atoms with Crippen LogP contribution in [0.4, 0.5) is 9.18 Å². The minimum atomic E-state index is -0.296. The van der Waals surface area contributed by atoms with Crippen molar-refractivity contribution in [1.29, 1.82) is 0 Å². The maximum Gasteiger partial charge on any atom is 0.320 e. The summed E-state index contributed by atoms with van der Waals surface area (Å²) in [5, 5.41) is 0. The highest BCUT2D eigenvalue weighted by Gasteiger charge is 2.50. The Bertz CT molecular complexity index is 819. The van der Waals surface area contributed by atoms with Crippen LogP contribution in [0, 0.1) is 17.7 Å². The molecule has 1 aromatic rings. The molecule has 0 spiro atoms. The van der Waals surface area contributed by atoms with Gasteiger partial charge in [0.25, 0.3) is 0 Å². The smallest absolute Gasteiger partial charge is 0.320 e. The van der Waals surface area contributed by atoms with Crippen LogP contribution in [-0.2, 0) is 4.79 Å². The van der Waals surface area contributed by atoms with Crippen LogP contribution in [0.5, 0.6) is 0 Å². The van der Waals surface area contributed by atoms with Crippen molar-refractivity contribution < 1.29 is 14.0 Å². The average molecular weight is 432 g/mol. The van der Waals surface area contributed by atoms with Crippen LogP contribution in [0.25, 0.3) is 0 Å². The maximum absolute atomic E-state index is 14.0. The van der Waals surface area contributed by atoms with E-state index in [1.807, 2.05) is 15.9 Å². The molecule has 8 heteroatoms. The van der Waals surface area contributed by atoms with Gasteiger partial charge >= 0.3 is 6.03 Å². The second-order valence-electron chi connectivity index (χ2n) is 9.48. The molecule has 4 rings (SSSR count). The first-order chi connectivity index (χ1) is 14.8. The lowest BCUT2D eigenvalue weighted by Crippen LogP contribution is -2.44. The van der Waals surface area contributed by atoms with Crippen molar-refractivity contribution in [1.82, 2.24) is 24.5 Å². The van der Waals surface area contributed by atoms with Gasteiger partial charge in [0, 0.05) is 58.7 Å². The number of nitrogens with zero attached hydrogens (tertiary/aromatic N) is 5. The van der Waals surface area contributed by atoms with E-state index >= 15 is 0 Å². The van der Waals surface area contributed by atoms with Gasteiger partial charge in [0.2, 0.25) is 5.91 Å². The van der Waals surface area contributed by atoms with E-state index in [1.54, 1.807) is 25.1 Å². The Balaban J connectivity index is 1.47. The summed E-state index contributed by atoms with van der Waals surface area (Å²) >= 11 is 0. The van der Waals surface area contributed by atoms with Gasteiger partial charge in [0.1, 0.15) is 5.82 Å². The molecule has 3 fully saturated rings. The zero-order valence-electron chi connectivity index (χ0n) is 18.8. The molecule has 1 aromatic carbocycles. The van der Waals surface area contributed by atoms with Crippen molar-refractivity contribution in [2.24, 2.45) is 11.8 Å². The SMILES string of the molecule is CN1CCCN(CC(=O)N2C[C@@H]3CN(C(=O)N(C)C)[C@H](c4cccc(F)c4)[C@@H]3C2)CC1. The van der Waals surface area contributed by atoms with E-state index in [4.69, 9.17) is 0 Å². The van der Waals surface area contributed by atoms with E-state index in [0.717, 1.165) is 38.2 Å². The van der Waals surface area contributed by atoms with Gasteiger partial charge in [-0.05, 0) is 44.3 Å². The van der Waals surface area contributed by atoms with E-state index in [0.29, 0.717) is 26.2 Å². The molecule has 3 aliphatic heterocycles. The number of likely N-dealkylation sites (N-methyl/N-ethyl adjacent to an activating group) is 1. The van der Waals surface area contributed by atoms with E-state index in [1.165, 1.54) is 12.1 Å². The Labute approximate surface area is 184 Å². The number of fused-ring (bicyclic) bond motifs is 1. The van der Waals surface area contributed by atoms with Crippen LogP contribution in [0.2, 0.25) is 0 Å². The Morgan fingerprint density at radius 1 is 1.10 bits per heavy atom. The summed E-state index contributed by atoms with van der Waals surface area (Å²) < 4.78 is 14.0. The molecule has 7 nitrogen and oxygen atoms in total. The highest BCUT2D eigenvalue weighted by atomic mass is 19.1. The number of carbonyl (C=O) groups is 2. The highest BCUT2D eigenvalue weighted by molar-refractivity contribution is 5.79. The van der Waals surface area contributed by atoms with E-state index in [9.17, 15) is 14.0 Å². The molecule has 31 heavy (non-hydrogen) atoms. The fourth-order valence-electron chi connectivity index (χ4n) is 5.37. The maximum atomic E-state index is 14.0. The first kappa shape index (κ1) is 22.0. The summed E-state index contributed by atoms with van der Waals surface area (Å²) in [4.78, 5) is 35.9. The molecule has 0 aromatic heterocycles. The second-order valence-corrected chi connectivity index (χ2v) is 9.48. The van der Waals surface area contributed by atoms with Gasteiger partial charge in [-0.1, -0.05) is 12.1 Å². The zero-order chi connectivity index (χ0) is 22.1. The number of amides is 3. The molecule has 0 saturated carbocycles. The third-order valence-electron chi connectivity index (χ3n) is 7.01. The Kier molecular flexibility index (Phi) is 6.48. The summed E-state index contributed by atoms with van der Waals surface area (Å²) in [7, 11) is 5.61. The van der Waals surface area contributed by atoms with Crippen molar-refractivity contribution in [2.75, 3.05) is 73.5 Å². The Morgan fingerprint density at radius 3 is 2.65 bits per heavy atom. The van der Waals surface area contributed by atoms with E-state index in [-0.39, 0.29) is 35.6 Å². The number of urea groups is 1. The third kappa shape index (κ3) is 4.70. The molecule has 3 saturated heterocycles. The van der Waals surface area contributed by atoms with Crippen molar-refractivity contribution in [3.63, 3.8) is 0 Å². The number of hydrogen-bond acceptors (Lipinski definition) is 4. The largest absolute Gasteiger partial charge is 0.341 e. The Hall–Kier alpha value is -2.19. The standard InChI is InChI=1S/C23H34FN5O2/c1-25(2)23(31)29-14-18-13-28(21(30)16-27-9-5-8-26(3)10-11-27)15-20(18)22(29)17-6-4-7-19(24)12-17/h4,6-7,12,18,20,22H,5,8-11,13-16H2,1-3H3/t18-,20-,22-/m1/s1. The van der Waals surface area contributed by atoms with Crippen molar-refractivity contribution in [3.8, 4) is 0 Å². The summed E-state index contributed by atoms with van der Waals surface area (Å²) in [6.45, 7) is 6.27. The number of rotatable bonds is 3. The van der Waals surface area contributed by atoms with Crippen LogP contribution >= 0.6 is 0 Å². The van der Waals surface area contributed by atoms with Crippen LogP contribution in [0.15, 0.2) is 24.3 Å². The first-order valence-corrected chi connectivity index (χ1v) is 11.3. The molecule has 0 unspecified atom stereocenters. The molecular weight excluding hydrogens is 397 g/mol. The first-order valence-electron chi connectivity index (χ1n) is 11.3. The van der Waals surface area contributed by atoms with Crippen LogP contribution < -0.4 is 0 Å². The van der Waals surface area contributed by atoms with E-state index in [2.05, 4.69) is 16.8 Å². The topological polar surface area (TPSA) is 50.3 Å². The highest BCUT2D eigenvalue weighted by Crippen LogP contribution is 2.45. The monoisotopic (exact) mass is 431 g/mol. The minimum Gasteiger partial charge on any atom is -0.341 e. The van der Waals surface area contributed by atoms with Crippen LogP contribution in [0.1, 0.15) is 18.0 Å². The Morgan fingerprint density at radius 2 is 1.90 bits per heavy atom. The lowest BCUT2D eigenvalue weighted by atomic mass is 9.89. The van der Waals surface area contributed by atoms with Gasteiger partial charge in [0.15, 0.2) is 0 Å². The van der Waals surface area contributed by atoms with Crippen molar-refractivity contribution in [3.05, 3.63) is 35.6 Å². The summed E-state index contributed by atoms with van der Waals surface area (Å²) in [6, 6.07) is 6.28. The minimum absolute atomic E-state index is 0.0600. The van der Waals surface area contributed by atoms with Gasteiger partial charge in [0.05, 0.1) is 12.6 Å². The molecule has 3 atom stereocenters. The second kappa shape index (κ2) is 9.12. The number of hydrogen-bond donors (Lipinski definition) is 0. The van der Waals surface area contributed by atoms with Gasteiger partial charge in [-0.25, -0.2) is 9.18 Å². The molecule has 3 aliphatic rings. The molecule has 3 heterocycles. The average Bonchev–Trinajstić information content (AvgIpc) is 3.22. The fraction of sp³-hybridized carbons (Fsp3) is 0.652. The summed E-state index contributed by atoms with van der Waals surface area (Å²) in [5.74, 6) is 0.221.